The molecule has 0 aromatic heterocycles. The van der Waals surface area contributed by atoms with E-state index in [0.717, 1.165) is 30.7 Å². The minimum atomic E-state index is -0.527. The van der Waals surface area contributed by atoms with Gasteiger partial charge in [-0.25, -0.2) is 0 Å². The Kier molecular flexibility index (Phi) is 5.40. The van der Waals surface area contributed by atoms with Gasteiger partial charge in [-0.05, 0) is 44.9 Å². The fourth-order valence-electron chi connectivity index (χ4n) is 2.69. The Balaban J connectivity index is 1.78. The van der Waals surface area contributed by atoms with Crippen LogP contribution < -0.4 is 4.74 Å². The number of rotatable bonds is 5. The predicted molar refractivity (Wildman–Crippen MR) is 79.1 cm³/mol. The summed E-state index contributed by atoms with van der Waals surface area (Å²) in [6.45, 7) is 6.50. The van der Waals surface area contributed by atoms with Gasteiger partial charge >= 0.3 is 0 Å². The lowest BCUT2D eigenvalue weighted by atomic mass is 10.1. The second kappa shape index (κ2) is 7.07. The smallest absolute Gasteiger partial charge is 0.122 e. The molecule has 112 valence electrons. The molecule has 1 aliphatic rings. The topological polar surface area (TPSA) is 52.9 Å². The summed E-state index contributed by atoms with van der Waals surface area (Å²) in [5.74, 6) is 0.827. The predicted octanol–water partition coefficient (Wildman–Crippen LogP) is 1.50. The van der Waals surface area contributed by atoms with E-state index < -0.39 is 6.10 Å². The van der Waals surface area contributed by atoms with Crippen LogP contribution in [0.15, 0.2) is 18.2 Å². The minimum absolute atomic E-state index is 0.254. The van der Waals surface area contributed by atoms with Gasteiger partial charge < -0.3 is 14.9 Å². The quantitative estimate of drug-likeness (QED) is 0.857. The van der Waals surface area contributed by atoms with E-state index in [1.54, 1.807) is 0 Å². The summed E-state index contributed by atoms with van der Waals surface area (Å²) in [7, 11) is 0. The van der Waals surface area contributed by atoms with E-state index in [1.807, 2.05) is 26.0 Å². The van der Waals surface area contributed by atoms with Crippen LogP contribution in [0.2, 0.25) is 0 Å². The zero-order chi connectivity index (χ0) is 14.5. The third kappa shape index (κ3) is 4.47. The Morgan fingerprint density at radius 1 is 1.40 bits per heavy atom. The Bertz CT molecular complexity index is 436. The fourth-order valence-corrected chi connectivity index (χ4v) is 2.69. The van der Waals surface area contributed by atoms with E-state index >= 15 is 0 Å². The maximum Gasteiger partial charge on any atom is 0.122 e. The zero-order valence-electron chi connectivity index (χ0n) is 12.4. The number of hydrogen-bond donors (Lipinski definition) is 2. The van der Waals surface area contributed by atoms with Crippen molar-refractivity contribution in [2.24, 2.45) is 0 Å². The van der Waals surface area contributed by atoms with Gasteiger partial charge in [-0.2, -0.15) is 0 Å². The van der Waals surface area contributed by atoms with E-state index in [1.165, 1.54) is 5.56 Å². The van der Waals surface area contributed by atoms with Gasteiger partial charge in [-0.15, -0.1) is 0 Å². The zero-order valence-corrected chi connectivity index (χ0v) is 12.4. The Morgan fingerprint density at radius 2 is 2.20 bits per heavy atom. The Hall–Kier alpha value is -1.10. The highest BCUT2D eigenvalue weighted by Gasteiger charge is 2.20. The van der Waals surface area contributed by atoms with E-state index in [2.05, 4.69) is 11.0 Å². The summed E-state index contributed by atoms with van der Waals surface area (Å²) in [6.07, 6.45) is 1.08. The van der Waals surface area contributed by atoms with Crippen LogP contribution >= 0.6 is 0 Å². The van der Waals surface area contributed by atoms with Gasteiger partial charge in [-0.3, -0.25) is 4.90 Å². The number of benzene rings is 1. The number of aryl methyl sites for hydroxylation is 2. The van der Waals surface area contributed by atoms with Crippen molar-refractivity contribution in [3.05, 3.63) is 29.3 Å². The van der Waals surface area contributed by atoms with Crippen molar-refractivity contribution in [2.75, 3.05) is 26.2 Å². The first-order valence-electron chi connectivity index (χ1n) is 7.33. The van der Waals surface area contributed by atoms with Gasteiger partial charge in [0.2, 0.25) is 0 Å². The Labute approximate surface area is 121 Å². The molecule has 2 atom stereocenters. The maximum absolute atomic E-state index is 10.0. The van der Waals surface area contributed by atoms with Crippen LogP contribution in [0.5, 0.6) is 5.75 Å². The molecule has 1 saturated heterocycles. The highest BCUT2D eigenvalue weighted by atomic mass is 16.5. The molecule has 1 heterocycles. The molecule has 20 heavy (non-hydrogen) atoms. The maximum atomic E-state index is 10.0. The number of aliphatic hydroxyl groups is 2. The molecule has 0 saturated carbocycles. The molecule has 0 radical (unpaired) electrons. The Morgan fingerprint density at radius 3 is 2.90 bits per heavy atom. The van der Waals surface area contributed by atoms with Gasteiger partial charge in [0.25, 0.3) is 0 Å². The van der Waals surface area contributed by atoms with Crippen LogP contribution in [0.25, 0.3) is 0 Å². The first-order valence-corrected chi connectivity index (χ1v) is 7.33. The summed E-state index contributed by atoms with van der Waals surface area (Å²) < 4.78 is 5.68. The van der Waals surface area contributed by atoms with Crippen LogP contribution in [0.4, 0.5) is 0 Å². The molecule has 4 nitrogen and oxygen atoms in total. The lowest BCUT2D eigenvalue weighted by molar-refractivity contribution is 0.0242. The van der Waals surface area contributed by atoms with Crippen molar-refractivity contribution >= 4 is 0 Å². The summed E-state index contributed by atoms with van der Waals surface area (Å²) in [4.78, 5) is 2.10. The molecule has 1 aromatic carbocycles. The average molecular weight is 279 g/mol. The first-order chi connectivity index (χ1) is 9.54. The third-order valence-corrected chi connectivity index (χ3v) is 3.71. The molecule has 1 fully saturated rings. The van der Waals surface area contributed by atoms with E-state index in [-0.39, 0.29) is 12.7 Å². The van der Waals surface area contributed by atoms with Crippen molar-refractivity contribution in [3.63, 3.8) is 0 Å². The van der Waals surface area contributed by atoms with Gasteiger partial charge in [0.1, 0.15) is 18.5 Å². The van der Waals surface area contributed by atoms with Crippen LogP contribution in [-0.2, 0) is 0 Å². The standard InChI is InChI=1S/C16H25NO3/c1-12-5-6-16(13(2)8-12)20-11-15(19)10-17-7-3-4-14(18)9-17/h5-6,8,14-15,18-19H,3-4,7,9-11H2,1-2H3. The molecule has 0 spiro atoms. The number of hydrogen-bond acceptors (Lipinski definition) is 4. The molecular formula is C16H25NO3. The summed E-state index contributed by atoms with van der Waals surface area (Å²) in [5.41, 5.74) is 2.29. The van der Waals surface area contributed by atoms with Crippen LogP contribution in [0, 0.1) is 13.8 Å². The second-order valence-corrected chi connectivity index (χ2v) is 5.79. The largest absolute Gasteiger partial charge is 0.491 e. The lowest BCUT2D eigenvalue weighted by Gasteiger charge is -2.31. The third-order valence-electron chi connectivity index (χ3n) is 3.71. The number of piperidine rings is 1. The summed E-state index contributed by atoms with van der Waals surface area (Å²) in [5, 5.41) is 19.7. The molecule has 2 N–H and O–H groups in total. The fraction of sp³-hybridized carbons (Fsp3) is 0.625. The van der Waals surface area contributed by atoms with Crippen LogP contribution in [-0.4, -0.2) is 53.6 Å². The minimum Gasteiger partial charge on any atom is -0.491 e. The van der Waals surface area contributed by atoms with Gasteiger partial charge in [0.15, 0.2) is 0 Å². The van der Waals surface area contributed by atoms with Gasteiger partial charge in [-0.1, -0.05) is 17.7 Å². The normalized spacial score (nSPS) is 21.7. The molecule has 0 aliphatic carbocycles. The highest BCUT2D eigenvalue weighted by Crippen LogP contribution is 2.19. The molecule has 1 aliphatic heterocycles. The number of aliphatic hydroxyl groups excluding tert-OH is 2. The van der Waals surface area contributed by atoms with Crippen molar-refractivity contribution in [1.82, 2.24) is 4.90 Å². The van der Waals surface area contributed by atoms with Crippen LogP contribution in [0.3, 0.4) is 0 Å². The number of likely N-dealkylation sites (tertiary alicyclic amines) is 1. The van der Waals surface area contributed by atoms with Crippen molar-refractivity contribution in [2.45, 2.75) is 38.9 Å². The molecule has 2 rings (SSSR count). The monoisotopic (exact) mass is 279 g/mol. The van der Waals surface area contributed by atoms with Crippen molar-refractivity contribution in [3.8, 4) is 5.75 Å². The van der Waals surface area contributed by atoms with Crippen molar-refractivity contribution < 1.29 is 14.9 Å². The lowest BCUT2D eigenvalue weighted by Crippen LogP contribution is -2.43. The summed E-state index contributed by atoms with van der Waals surface area (Å²) >= 11 is 0. The number of ether oxygens (including phenoxy) is 1. The first kappa shape index (κ1) is 15.3. The molecule has 0 amide bonds. The van der Waals surface area contributed by atoms with E-state index in [9.17, 15) is 10.2 Å². The number of β-amino-alcohol motifs (C(OH)–C–C–N with tert-alkyl or cyclic N) is 2. The summed E-state index contributed by atoms with van der Waals surface area (Å²) in [6, 6.07) is 6.03. The molecule has 4 heteroatoms. The molecule has 2 unspecified atom stereocenters. The average Bonchev–Trinajstić information content (AvgIpc) is 2.37. The van der Waals surface area contributed by atoms with Gasteiger partial charge in [0.05, 0.1) is 6.10 Å². The molecule has 0 bridgehead atoms. The van der Waals surface area contributed by atoms with Gasteiger partial charge in [0, 0.05) is 13.1 Å². The molecule has 1 aromatic rings. The van der Waals surface area contributed by atoms with E-state index in [4.69, 9.17) is 4.74 Å². The van der Waals surface area contributed by atoms with Crippen molar-refractivity contribution in [1.29, 1.82) is 0 Å². The number of nitrogens with zero attached hydrogens (tertiary/aromatic N) is 1. The SMILES string of the molecule is Cc1ccc(OCC(O)CN2CCCC(O)C2)c(C)c1. The van der Waals surface area contributed by atoms with E-state index in [0.29, 0.717) is 13.1 Å². The van der Waals surface area contributed by atoms with Crippen LogP contribution in [0.1, 0.15) is 24.0 Å². The molecular weight excluding hydrogens is 254 g/mol. The second-order valence-electron chi connectivity index (χ2n) is 5.79. The highest BCUT2D eigenvalue weighted by molar-refractivity contribution is 5.35.